The molecule has 1 aliphatic heterocycles. The minimum Gasteiger partial charge on any atom is -0.366 e. The van der Waals surface area contributed by atoms with Crippen molar-refractivity contribution in [1.29, 1.82) is 0 Å². The molecular weight excluding hydrogens is 324 g/mol. The van der Waals surface area contributed by atoms with Crippen molar-refractivity contribution >= 4 is 16.6 Å². The largest absolute Gasteiger partial charge is 0.366 e. The number of nitrogens with one attached hydrogen (secondary N) is 1. The highest BCUT2D eigenvalue weighted by molar-refractivity contribution is 5.84. The monoisotopic (exact) mass is 347 g/mol. The number of hydrogen-bond donors (Lipinski definition) is 1. The molecule has 4 nitrogen and oxygen atoms in total. The number of halogens is 2. The lowest BCUT2D eigenvalue weighted by atomic mass is 10.1. The van der Waals surface area contributed by atoms with E-state index in [2.05, 4.69) is 5.32 Å². The van der Waals surface area contributed by atoms with E-state index in [9.17, 15) is 9.18 Å². The fourth-order valence-electron chi connectivity index (χ4n) is 3.85. The first-order valence-electron chi connectivity index (χ1n) is 9.08. The number of fused-ring (bicyclic) bond motifs is 1. The molecule has 1 unspecified atom stereocenters. The van der Waals surface area contributed by atoms with E-state index in [0.29, 0.717) is 19.0 Å². The molecule has 4 rings (SSSR count). The Balaban J connectivity index is 1.77. The van der Waals surface area contributed by atoms with Gasteiger partial charge in [0.1, 0.15) is 11.5 Å². The number of anilines is 1. The first kappa shape index (κ1) is 16.5. The Morgan fingerprint density at radius 1 is 1.28 bits per heavy atom. The van der Waals surface area contributed by atoms with E-state index in [1.54, 1.807) is 15.7 Å². The maximum Gasteiger partial charge on any atom is 0.189 e. The van der Waals surface area contributed by atoms with Crippen LogP contribution in [-0.2, 0) is 0 Å². The highest BCUT2D eigenvalue weighted by atomic mass is 19.1. The molecule has 0 bridgehead atoms. The van der Waals surface area contributed by atoms with Crippen LogP contribution in [0.1, 0.15) is 32.2 Å². The maximum atomic E-state index is 15.3. The van der Waals surface area contributed by atoms with Crippen molar-refractivity contribution < 1.29 is 8.78 Å². The quantitative estimate of drug-likeness (QED) is 0.903. The molecule has 0 spiro atoms. The summed E-state index contributed by atoms with van der Waals surface area (Å²) in [6.07, 6.45) is 4.50. The number of nitrogens with zero attached hydrogens (tertiary/aromatic N) is 2. The standard InChI is InChI=1S/C19H23F2N3O/c1-2-22-10-12-5-7-23(11-12)19-15(20)9-14-16(25)6-8-24(13-3-4-13)18(14)17(19)21/h6,8-9,12-13,22H,2-5,7,10-11H2,1H3. The van der Waals surface area contributed by atoms with E-state index in [4.69, 9.17) is 0 Å². The van der Waals surface area contributed by atoms with Gasteiger partial charge in [-0.3, -0.25) is 4.79 Å². The molecule has 1 N–H and O–H groups in total. The molecule has 1 aliphatic carbocycles. The van der Waals surface area contributed by atoms with Crippen LogP contribution in [0, 0.1) is 17.6 Å². The molecule has 1 saturated heterocycles. The second-order valence-electron chi connectivity index (χ2n) is 7.14. The number of pyridine rings is 1. The minimum absolute atomic E-state index is 0.0199. The summed E-state index contributed by atoms with van der Waals surface area (Å²) in [5, 5.41) is 3.44. The Hall–Kier alpha value is -1.95. The van der Waals surface area contributed by atoms with Gasteiger partial charge in [-0.15, -0.1) is 0 Å². The van der Waals surface area contributed by atoms with Crippen molar-refractivity contribution in [3.8, 4) is 0 Å². The topological polar surface area (TPSA) is 37.3 Å². The molecule has 2 heterocycles. The third-order valence-electron chi connectivity index (χ3n) is 5.30. The maximum absolute atomic E-state index is 15.3. The van der Waals surface area contributed by atoms with Gasteiger partial charge in [-0.25, -0.2) is 8.78 Å². The summed E-state index contributed by atoms with van der Waals surface area (Å²) >= 11 is 0. The van der Waals surface area contributed by atoms with Gasteiger partial charge in [-0.2, -0.15) is 0 Å². The second-order valence-corrected chi connectivity index (χ2v) is 7.14. The van der Waals surface area contributed by atoms with E-state index < -0.39 is 11.6 Å². The van der Waals surface area contributed by atoms with E-state index in [-0.39, 0.29) is 28.1 Å². The summed E-state index contributed by atoms with van der Waals surface area (Å²) in [7, 11) is 0. The number of benzene rings is 1. The van der Waals surface area contributed by atoms with Crippen LogP contribution in [0.25, 0.3) is 10.9 Å². The van der Waals surface area contributed by atoms with Crippen LogP contribution in [0.4, 0.5) is 14.5 Å². The van der Waals surface area contributed by atoms with E-state index in [1.807, 2.05) is 6.92 Å². The van der Waals surface area contributed by atoms with Gasteiger partial charge in [-0.1, -0.05) is 6.92 Å². The van der Waals surface area contributed by atoms with Gasteiger partial charge < -0.3 is 14.8 Å². The van der Waals surface area contributed by atoms with Gasteiger partial charge in [0.25, 0.3) is 0 Å². The summed E-state index contributed by atoms with van der Waals surface area (Å²) in [6, 6.07) is 2.84. The summed E-state index contributed by atoms with van der Waals surface area (Å²) in [4.78, 5) is 13.9. The normalized spacial score (nSPS) is 20.6. The summed E-state index contributed by atoms with van der Waals surface area (Å²) < 4.78 is 31.8. The van der Waals surface area contributed by atoms with Crippen molar-refractivity contribution in [2.45, 2.75) is 32.2 Å². The Morgan fingerprint density at radius 2 is 2.08 bits per heavy atom. The molecule has 1 aromatic heterocycles. The van der Waals surface area contributed by atoms with Crippen LogP contribution >= 0.6 is 0 Å². The van der Waals surface area contributed by atoms with Crippen LogP contribution in [-0.4, -0.2) is 30.7 Å². The molecule has 2 aromatic rings. The zero-order valence-corrected chi connectivity index (χ0v) is 14.4. The average molecular weight is 347 g/mol. The highest BCUT2D eigenvalue weighted by Gasteiger charge is 2.31. The summed E-state index contributed by atoms with van der Waals surface area (Å²) in [5.74, 6) is -0.848. The molecule has 1 aromatic carbocycles. The average Bonchev–Trinajstić information content (AvgIpc) is 3.33. The molecule has 25 heavy (non-hydrogen) atoms. The molecular formula is C19H23F2N3O. The summed E-state index contributed by atoms with van der Waals surface area (Å²) in [6.45, 7) is 5.06. The zero-order chi connectivity index (χ0) is 17.6. The molecule has 1 saturated carbocycles. The number of rotatable bonds is 5. The minimum atomic E-state index is -0.639. The van der Waals surface area contributed by atoms with Crippen LogP contribution in [0.2, 0.25) is 0 Å². The predicted molar refractivity (Wildman–Crippen MR) is 95.3 cm³/mol. The van der Waals surface area contributed by atoms with E-state index >= 15 is 4.39 Å². The second kappa shape index (κ2) is 6.41. The molecule has 2 aliphatic rings. The van der Waals surface area contributed by atoms with Crippen LogP contribution in [0.3, 0.4) is 0 Å². The highest BCUT2D eigenvalue weighted by Crippen LogP contribution is 2.39. The van der Waals surface area contributed by atoms with Crippen molar-refractivity contribution in [2.75, 3.05) is 31.1 Å². The van der Waals surface area contributed by atoms with Crippen molar-refractivity contribution in [2.24, 2.45) is 5.92 Å². The smallest absolute Gasteiger partial charge is 0.189 e. The zero-order valence-electron chi connectivity index (χ0n) is 14.4. The fraction of sp³-hybridized carbons (Fsp3) is 0.526. The molecule has 2 fully saturated rings. The van der Waals surface area contributed by atoms with Gasteiger partial charge >= 0.3 is 0 Å². The fourth-order valence-corrected chi connectivity index (χ4v) is 3.85. The lowest BCUT2D eigenvalue weighted by molar-refractivity contribution is 0.525. The van der Waals surface area contributed by atoms with Crippen molar-refractivity contribution in [3.05, 3.63) is 40.2 Å². The molecule has 0 amide bonds. The summed E-state index contributed by atoms with van der Waals surface area (Å²) in [5.41, 5.74) is -0.0595. The first-order chi connectivity index (χ1) is 12.1. The van der Waals surface area contributed by atoms with Gasteiger partial charge in [0.05, 0.1) is 10.9 Å². The molecule has 134 valence electrons. The Labute approximate surface area is 145 Å². The SMILES string of the molecule is CCNCC1CCN(c2c(F)cc3c(=O)ccn(C4CC4)c3c2F)C1. The Kier molecular flexibility index (Phi) is 4.23. The molecule has 1 atom stereocenters. The van der Waals surface area contributed by atoms with E-state index in [0.717, 1.165) is 32.4 Å². The van der Waals surface area contributed by atoms with Gasteiger partial charge in [0.15, 0.2) is 11.2 Å². The molecule has 6 heteroatoms. The van der Waals surface area contributed by atoms with Crippen LogP contribution in [0.5, 0.6) is 0 Å². The van der Waals surface area contributed by atoms with Gasteiger partial charge in [0, 0.05) is 31.4 Å². The third-order valence-corrected chi connectivity index (χ3v) is 5.30. The lowest BCUT2D eigenvalue weighted by Crippen LogP contribution is -2.27. The van der Waals surface area contributed by atoms with Gasteiger partial charge in [-0.05, 0) is 44.3 Å². The Morgan fingerprint density at radius 3 is 2.80 bits per heavy atom. The predicted octanol–water partition coefficient (Wildman–Crippen LogP) is 3.05. The number of aromatic nitrogens is 1. The first-order valence-corrected chi connectivity index (χ1v) is 9.08. The van der Waals surface area contributed by atoms with Crippen LogP contribution in [0.15, 0.2) is 23.1 Å². The number of hydrogen-bond acceptors (Lipinski definition) is 3. The Bertz CT molecular complexity index is 860. The van der Waals surface area contributed by atoms with Crippen LogP contribution < -0.4 is 15.6 Å². The van der Waals surface area contributed by atoms with Gasteiger partial charge in [0.2, 0.25) is 0 Å². The van der Waals surface area contributed by atoms with Crippen molar-refractivity contribution in [1.82, 2.24) is 9.88 Å². The van der Waals surface area contributed by atoms with Crippen molar-refractivity contribution in [3.63, 3.8) is 0 Å². The lowest BCUT2D eigenvalue weighted by Gasteiger charge is -2.22. The van der Waals surface area contributed by atoms with E-state index in [1.165, 1.54) is 12.1 Å². The molecule has 0 radical (unpaired) electrons. The third kappa shape index (κ3) is 2.92.